The molecule has 0 saturated heterocycles. The third kappa shape index (κ3) is 4.29. The molecule has 0 aliphatic rings. The first-order valence-corrected chi connectivity index (χ1v) is 9.80. The lowest BCUT2D eigenvalue weighted by Gasteiger charge is -2.12. The molecular weight excluding hydrogens is 355 g/mol. The lowest BCUT2D eigenvalue weighted by Crippen LogP contribution is -2.03. The van der Waals surface area contributed by atoms with Crippen molar-refractivity contribution < 1.29 is 4.39 Å². The smallest absolute Gasteiger partial charge is 0.169 e. The predicted molar refractivity (Wildman–Crippen MR) is 109 cm³/mol. The van der Waals surface area contributed by atoms with E-state index >= 15 is 0 Å². The molecule has 0 aliphatic heterocycles. The van der Waals surface area contributed by atoms with Crippen molar-refractivity contribution in [2.75, 3.05) is 0 Å². The molecule has 27 heavy (non-hydrogen) atoms. The maximum atomic E-state index is 13.1. The van der Waals surface area contributed by atoms with E-state index in [1.54, 1.807) is 11.8 Å². The number of benzene rings is 3. The van der Waals surface area contributed by atoms with Crippen molar-refractivity contribution in [1.82, 2.24) is 9.55 Å². The van der Waals surface area contributed by atoms with Crippen molar-refractivity contribution >= 4 is 11.8 Å². The molecule has 4 heteroatoms. The molecule has 0 spiro atoms. The molecule has 3 aromatic carbocycles. The minimum Gasteiger partial charge on any atom is -0.314 e. The van der Waals surface area contributed by atoms with Gasteiger partial charge in [0.2, 0.25) is 0 Å². The molecule has 0 aliphatic carbocycles. The average molecular weight is 374 g/mol. The molecule has 0 bridgehead atoms. The highest BCUT2D eigenvalue weighted by atomic mass is 32.2. The van der Waals surface area contributed by atoms with E-state index in [0.717, 1.165) is 34.3 Å². The standard InChI is InChI=1S/C23H19FN2S/c24-21-13-11-19(12-14-21)17-27-23-25-15-22(20-9-5-2-6-10-20)26(23)16-18-7-3-1-4-8-18/h1-15H,16-17H2. The summed E-state index contributed by atoms with van der Waals surface area (Å²) in [7, 11) is 0. The second kappa shape index (κ2) is 8.23. The van der Waals surface area contributed by atoms with Gasteiger partial charge in [-0.1, -0.05) is 84.6 Å². The van der Waals surface area contributed by atoms with Crippen LogP contribution in [0, 0.1) is 5.82 Å². The van der Waals surface area contributed by atoms with Crippen LogP contribution in [0.1, 0.15) is 11.1 Å². The second-order valence-electron chi connectivity index (χ2n) is 6.28. The van der Waals surface area contributed by atoms with Gasteiger partial charge in [-0.05, 0) is 28.8 Å². The molecule has 4 aromatic rings. The Morgan fingerprint density at radius 2 is 1.44 bits per heavy atom. The van der Waals surface area contributed by atoms with Gasteiger partial charge < -0.3 is 4.57 Å². The molecule has 0 unspecified atom stereocenters. The summed E-state index contributed by atoms with van der Waals surface area (Å²) < 4.78 is 15.4. The molecule has 0 fully saturated rings. The molecule has 1 heterocycles. The van der Waals surface area contributed by atoms with E-state index in [1.807, 2.05) is 42.6 Å². The molecule has 1 aromatic heterocycles. The summed E-state index contributed by atoms with van der Waals surface area (Å²) in [5.74, 6) is 0.543. The van der Waals surface area contributed by atoms with Gasteiger partial charge in [0.05, 0.1) is 18.4 Å². The van der Waals surface area contributed by atoms with Crippen molar-refractivity contribution in [3.63, 3.8) is 0 Å². The van der Waals surface area contributed by atoms with Crippen molar-refractivity contribution in [2.24, 2.45) is 0 Å². The number of halogens is 1. The summed E-state index contributed by atoms with van der Waals surface area (Å²) in [6.07, 6.45) is 1.94. The van der Waals surface area contributed by atoms with Crippen molar-refractivity contribution in [3.8, 4) is 11.3 Å². The van der Waals surface area contributed by atoms with Gasteiger partial charge in [0.25, 0.3) is 0 Å². The van der Waals surface area contributed by atoms with Gasteiger partial charge in [-0.3, -0.25) is 0 Å². The summed E-state index contributed by atoms with van der Waals surface area (Å²) in [6.45, 7) is 0.761. The van der Waals surface area contributed by atoms with Crippen LogP contribution in [0.3, 0.4) is 0 Å². The first-order chi connectivity index (χ1) is 13.3. The van der Waals surface area contributed by atoms with Crippen molar-refractivity contribution in [2.45, 2.75) is 17.5 Å². The van der Waals surface area contributed by atoms with Crippen LogP contribution in [0.25, 0.3) is 11.3 Å². The molecule has 4 rings (SSSR count). The van der Waals surface area contributed by atoms with E-state index in [0.29, 0.717) is 0 Å². The van der Waals surface area contributed by atoms with Gasteiger partial charge >= 0.3 is 0 Å². The van der Waals surface area contributed by atoms with Crippen LogP contribution >= 0.6 is 11.8 Å². The van der Waals surface area contributed by atoms with E-state index < -0.39 is 0 Å². The molecule has 2 nitrogen and oxygen atoms in total. The minimum atomic E-state index is -0.208. The van der Waals surface area contributed by atoms with E-state index in [9.17, 15) is 4.39 Å². The first-order valence-electron chi connectivity index (χ1n) is 8.82. The third-order valence-electron chi connectivity index (χ3n) is 4.35. The summed E-state index contributed by atoms with van der Waals surface area (Å²) in [5, 5.41) is 0.960. The average Bonchev–Trinajstić information content (AvgIpc) is 3.11. The van der Waals surface area contributed by atoms with E-state index in [-0.39, 0.29) is 5.82 Å². The zero-order chi connectivity index (χ0) is 18.5. The van der Waals surface area contributed by atoms with E-state index in [2.05, 4.69) is 45.9 Å². The van der Waals surface area contributed by atoms with Crippen LogP contribution in [-0.4, -0.2) is 9.55 Å². The maximum Gasteiger partial charge on any atom is 0.169 e. The number of hydrogen-bond donors (Lipinski definition) is 0. The fourth-order valence-electron chi connectivity index (χ4n) is 2.96. The Hall–Kier alpha value is -2.85. The Bertz CT molecular complexity index is 996. The number of thioether (sulfide) groups is 1. The van der Waals surface area contributed by atoms with Gasteiger partial charge in [-0.2, -0.15) is 0 Å². The number of aromatic nitrogens is 2. The Labute approximate surface area is 162 Å². The molecule has 0 atom stereocenters. The first kappa shape index (κ1) is 17.6. The van der Waals surface area contributed by atoms with Gasteiger partial charge in [-0.25, -0.2) is 9.37 Å². The van der Waals surface area contributed by atoms with Crippen LogP contribution in [-0.2, 0) is 12.3 Å². The zero-order valence-electron chi connectivity index (χ0n) is 14.8. The number of hydrogen-bond acceptors (Lipinski definition) is 2. The van der Waals surface area contributed by atoms with Crippen molar-refractivity contribution in [1.29, 1.82) is 0 Å². The zero-order valence-corrected chi connectivity index (χ0v) is 15.6. The Morgan fingerprint density at radius 1 is 0.778 bits per heavy atom. The van der Waals surface area contributed by atoms with Crippen LogP contribution < -0.4 is 0 Å². The lowest BCUT2D eigenvalue weighted by molar-refractivity contribution is 0.627. The quantitative estimate of drug-likeness (QED) is 0.384. The second-order valence-corrected chi connectivity index (χ2v) is 7.22. The minimum absolute atomic E-state index is 0.208. The summed E-state index contributed by atoms with van der Waals surface area (Å²) in [5.41, 5.74) is 4.56. The summed E-state index contributed by atoms with van der Waals surface area (Å²) in [6, 6.07) is 27.4. The Morgan fingerprint density at radius 3 is 2.15 bits per heavy atom. The predicted octanol–water partition coefficient (Wildman–Crippen LogP) is 6.03. The number of rotatable bonds is 6. The Balaban J connectivity index is 1.64. The molecular formula is C23H19FN2S. The van der Waals surface area contributed by atoms with Gasteiger partial charge in [0, 0.05) is 5.75 Å². The van der Waals surface area contributed by atoms with E-state index in [1.165, 1.54) is 17.7 Å². The molecule has 0 saturated carbocycles. The van der Waals surface area contributed by atoms with Gasteiger partial charge in [0.1, 0.15) is 5.82 Å². The fourth-order valence-corrected chi connectivity index (χ4v) is 3.89. The van der Waals surface area contributed by atoms with Crippen LogP contribution in [0.15, 0.2) is 96.3 Å². The lowest BCUT2D eigenvalue weighted by atomic mass is 10.1. The SMILES string of the molecule is Fc1ccc(CSc2ncc(-c3ccccc3)n2Cc2ccccc2)cc1. The molecule has 134 valence electrons. The highest BCUT2D eigenvalue weighted by molar-refractivity contribution is 7.98. The monoisotopic (exact) mass is 374 g/mol. The van der Waals surface area contributed by atoms with Gasteiger partial charge in [-0.15, -0.1) is 0 Å². The topological polar surface area (TPSA) is 17.8 Å². The molecule has 0 amide bonds. The van der Waals surface area contributed by atoms with Crippen LogP contribution in [0.5, 0.6) is 0 Å². The number of imidazole rings is 1. The summed E-state index contributed by atoms with van der Waals surface area (Å²) >= 11 is 1.67. The Kier molecular flexibility index (Phi) is 5.35. The van der Waals surface area contributed by atoms with Crippen LogP contribution in [0.2, 0.25) is 0 Å². The fraction of sp³-hybridized carbons (Fsp3) is 0.0870. The largest absolute Gasteiger partial charge is 0.314 e. The number of nitrogens with zero attached hydrogens (tertiary/aromatic N) is 2. The summed E-state index contributed by atoms with van der Waals surface area (Å²) in [4.78, 5) is 4.67. The highest BCUT2D eigenvalue weighted by Crippen LogP contribution is 2.29. The van der Waals surface area contributed by atoms with E-state index in [4.69, 9.17) is 0 Å². The maximum absolute atomic E-state index is 13.1. The van der Waals surface area contributed by atoms with Gasteiger partial charge in [0.15, 0.2) is 5.16 Å². The molecule has 0 N–H and O–H groups in total. The van der Waals surface area contributed by atoms with Crippen LogP contribution in [0.4, 0.5) is 4.39 Å². The normalized spacial score (nSPS) is 10.9. The van der Waals surface area contributed by atoms with Crippen molar-refractivity contribution in [3.05, 3.63) is 108 Å². The highest BCUT2D eigenvalue weighted by Gasteiger charge is 2.13. The third-order valence-corrected chi connectivity index (χ3v) is 5.41. The molecule has 0 radical (unpaired) electrons.